The van der Waals surface area contributed by atoms with Crippen molar-refractivity contribution in [2.45, 2.75) is 0 Å². The third-order valence-corrected chi connectivity index (χ3v) is 11.0. The molecule has 4 aromatic heterocycles. The second-order valence-corrected chi connectivity index (χ2v) is 14.3. The maximum atomic E-state index is 5.09. The molecule has 0 amide bonds. The Labute approximate surface area is 324 Å². The SMILES string of the molecule is c1ccc(-c2cc(-c3ccc(-n4c5ccccc5c5cc(-c6ccc7c8cccnc8n(-c8ccccc8)c7c6)ccc54)cc3)cc(-c3ccccc3)n2)cc1. The summed E-state index contributed by atoms with van der Waals surface area (Å²) in [7, 11) is 0. The van der Waals surface area contributed by atoms with Crippen molar-refractivity contribution < 1.29 is 0 Å². The highest BCUT2D eigenvalue weighted by Gasteiger charge is 2.17. The van der Waals surface area contributed by atoms with Crippen molar-refractivity contribution in [1.29, 1.82) is 0 Å². The average Bonchev–Trinajstić information content (AvgIpc) is 3.79. The molecule has 56 heavy (non-hydrogen) atoms. The van der Waals surface area contributed by atoms with Crippen LogP contribution in [0.5, 0.6) is 0 Å². The number of nitrogens with zero attached hydrogens (tertiary/aromatic N) is 4. The van der Waals surface area contributed by atoms with E-state index in [0.717, 1.165) is 61.6 Å². The Hall–Kier alpha value is -7.56. The first-order valence-corrected chi connectivity index (χ1v) is 19.0. The van der Waals surface area contributed by atoms with Gasteiger partial charge < -0.3 is 4.57 Å². The van der Waals surface area contributed by atoms with E-state index in [-0.39, 0.29) is 0 Å². The normalized spacial score (nSPS) is 11.6. The van der Waals surface area contributed by atoms with Gasteiger partial charge in [0.25, 0.3) is 0 Å². The van der Waals surface area contributed by atoms with Crippen molar-refractivity contribution in [2.75, 3.05) is 0 Å². The number of benzene rings is 7. The summed E-state index contributed by atoms with van der Waals surface area (Å²) in [6.45, 7) is 0. The van der Waals surface area contributed by atoms with E-state index in [1.807, 2.05) is 24.4 Å². The van der Waals surface area contributed by atoms with Gasteiger partial charge in [0.2, 0.25) is 0 Å². The molecule has 0 N–H and O–H groups in total. The molecule has 0 aliphatic rings. The molecule has 0 bridgehead atoms. The predicted molar refractivity (Wildman–Crippen MR) is 232 cm³/mol. The molecule has 4 nitrogen and oxygen atoms in total. The molecular weight excluding hydrogens is 681 g/mol. The molecule has 4 heteroatoms. The monoisotopic (exact) mass is 714 g/mol. The van der Waals surface area contributed by atoms with Gasteiger partial charge in [0.05, 0.1) is 27.9 Å². The van der Waals surface area contributed by atoms with E-state index in [1.165, 1.54) is 38.3 Å². The molecule has 7 aromatic carbocycles. The molecule has 4 heterocycles. The molecular formula is C52H34N4. The fraction of sp³-hybridized carbons (Fsp3) is 0. The van der Waals surface area contributed by atoms with E-state index in [2.05, 4.69) is 191 Å². The molecule has 0 saturated carbocycles. The van der Waals surface area contributed by atoms with Gasteiger partial charge in [-0.05, 0) is 95.1 Å². The van der Waals surface area contributed by atoms with Crippen LogP contribution in [0.15, 0.2) is 206 Å². The molecule has 0 saturated heterocycles. The zero-order chi connectivity index (χ0) is 37.0. The second kappa shape index (κ2) is 13.1. The van der Waals surface area contributed by atoms with Gasteiger partial charge in [0.1, 0.15) is 5.65 Å². The van der Waals surface area contributed by atoms with Gasteiger partial charge in [-0.15, -0.1) is 0 Å². The molecule has 0 radical (unpaired) electrons. The highest BCUT2D eigenvalue weighted by molar-refractivity contribution is 6.12. The number of aromatic nitrogens is 4. The van der Waals surface area contributed by atoms with Crippen LogP contribution in [0.3, 0.4) is 0 Å². The molecule has 0 aliphatic heterocycles. The fourth-order valence-corrected chi connectivity index (χ4v) is 8.31. The summed E-state index contributed by atoms with van der Waals surface area (Å²) < 4.78 is 4.66. The zero-order valence-corrected chi connectivity index (χ0v) is 30.4. The molecule has 11 rings (SSSR count). The number of hydrogen-bond donors (Lipinski definition) is 0. The lowest BCUT2D eigenvalue weighted by molar-refractivity contribution is 1.14. The Bertz CT molecular complexity index is 3160. The minimum Gasteiger partial charge on any atom is -0.309 e. The minimum absolute atomic E-state index is 0.960. The smallest absolute Gasteiger partial charge is 0.145 e. The first-order valence-electron chi connectivity index (χ1n) is 19.0. The Morgan fingerprint density at radius 2 is 0.857 bits per heavy atom. The van der Waals surface area contributed by atoms with Gasteiger partial charge in [-0.25, -0.2) is 9.97 Å². The Morgan fingerprint density at radius 3 is 1.59 bits per heavy atom. The maximum Gasteiger partial charge on any atom is 0.145 e. The minimum atomic E-state index is 0.960. The van der Waals surface area contributed by atoms with Crippen LogP contribution in [0.1, 0.15) is 0 Å². The highest BCUT2D eigenvalue weighted by Crippen LogP contribution is 2.38. The summed E-state index contributed by atoms with van der Waals surface area (Å²) >= 11 is 0. The predicted octanol–water partition coefficient (Wildman–Crippen LogP) is 13.3. The largest absolute Gasteiger partial charge is 0.309 e. The molecule has 0 spiro atoms. The number of pyridine rings is 2. The van der Waals surface area contributed by atoms with Crippen molar-refractivity contribution in [1.82, 2.24) is 19.1 Å². The van der Waals surface area contributed by atoms with Crippen molar-refractivity contribution in [2.24, 2.45) is 0 Å². The fourth-order valence-electron chi connectivity index (χ4n) is 8.31. The van der Waals surface area contributed by atoms with E-state index in [9.17, 15) is 0 Å². The van der Waals surface area contributed by atoms with Gasteiger partial charge in [0.15, 0.2) is 0 Å². The van der Waals surface area contributed by atoms with Gasteiger partial charge >= 0.3 is 0 Å². The Kier molecular flexibility index (Phi) is 7.46. The number of rotatable bonds is 6. The molecule has 11 aromatic rings. The first kappa shape index (κ1) is 31.9. The van der Waals surface area contributed by atoms with E-state index in [0.29, 0.717) is 0 Å². The molecule has 0 unspecified atom stereocenters. The van der Waals surface area contributed by atoms with Crippen molar-refractivity contribution in [3.63, 3.8) is 0 Å². The summed E-state index contributed by atoms with van der Waals surface area (Å²) in [5.74, 6) is 0. The Balaban J connectivity index is 1.02. The van der Waals surface area contributed by atoms with Crippen molar-refractivity contribution in [3.05, 3.63) is 206 Å². The number of para-hydroxylation sites is 2. The highest BCUT2D eigenvalue weighted by atomic mass is 15.0. The summed E-state index contributed by atoms with van der Waals surface area (Å²) in [6.07, 6.45) is 1.88. The van der Waals surface area contributed by atoms with Crippen molar-refractivity contribution in [3.8, 4) is 56.1 Å². The third kappa shape index (κ3) is 5.31. The molecule has 0 fully saturated rings. The lowest BCUT2D eigenvalue weighted by atomic mass is 9.99. The quantitative estimate of drug-likeness (QED) is 0.172. The van der Waals surface area contributed by atoms with Crippen LogP contribution in [0.25, 0.3) is 99.9 Å². The lowest BCUT2D eigenvalue weighted by Gasteiger charge is -2.12. The molecule has 0 aliphatic carbocycles. The van der Waals surface area contributed by atoms with E-state index in [4.69, 9.17) is 9.97 Å². The van der Waals surface area contributed by atoms with Gasteiger partial charge in [-0.1, -0.05) is 127 Å². The maximum absolute atomic E-state index is 5.09. The van der Waals surface area contributed by atoms with Crippen LogP contribution < -0.4 is 0 Å². The zero-order valence-electron chi connectivity index (χ0n) is 30.4. The lowest BCUT2D eigenvalue weighted by Crippen LogP contribution is -1.95. The van der Waals surface area contributed by atoms with Crippen LogP contribution in [0.4, 0.5) is 0 Å². The van der Waals surface area contributed by atoms with Crippen LogP contribution in [-0.2, 0) is 0 Å². The molecule has 262 valence electrons. The van der Waals surface area contributed by atoms with Gasteiger partial charge in [-0.2, -0.15) is 0 Å². The summed E-state index contributed by atoms with van der Waals surface area (Å²) in [6, 6.07) is 71.3. The van der Waals surface area contributed by atoms with Crippen LogP contribution >= 0.6 is 0 Å². The van der Waals surface area contributed by atoms with E-state index in [1.54, 1.807) is 0 Å². The molecule has 0 atom stereocenters. The Morgan fingerprint density at radius 1 is 0.304 bits per heavy atom. The second-order valence-electron chi connectivity index (χ2n) is 14.3. The van der Waals surface area contributed by atoms with E-state index < -0.39 is 0 Å². The third-order valence-electron chi connectivity index (χ3n) is 11.0. The van der Waals surface area contributed by atoms with E-state index >= 15 is 0 Å². The first-order chi connectivity index (χ1) is 27.8. The van der Waals surface area contributed by atoms with Crippen molar-refractivity contribution >= 4 is 43.7 Å². The summed E-state index contributed by atoms with van der Waals surface area (Å²) in [5, 5.41) is 4.80. The topological polar surface area (TPSA) is 35.6 Å². The van der Waals surface area contributed by atoms with Crippen LogP contribution in [0, 0.1) is 0 Å². The van der Waals surface area contributed by atoms with Gasteiger partial charge in [-0.3, -0.25) is 4.57 Å². The number of hydrogen-bond acceptors (Lipinski definition) is 2. The van der Waals surface area contributed by atoms with Gasteiger partial charge in [0, 0.05) is 50.2 Å². The standard InChI is InChI=1S/C52H34N4/c1-4-13-36(14-5-1)47-32-40(33-48(54-47)37-15-6-2-7-16-37)35-22-26-42(27-23-35)55-49-21-11-10-19-43(49)46-31-38(25-29-50(46)55)39-24-28-44-45-20-12-30-53-52(45)56(51(44)34-39)41-17-8-3-9-18-41/h1-34H. The summed E-state index contributed by atoms with van der Waals surface area (Å²) in [4.78, 5) is 9.91. The average molecular weight is 715 g/mol. The van der Waals surface area contributed by atoms with Crippen LogP contribution in [0.2, 0.25) is 0 Å². The number of fused-ring (bicyclic) bond motifs is 6. The van der Waals surface area contributed by atoms with Crippen LogP contribution in [-0.4, -0.2) is 19.1 Å². The summed E-state index contributed by atoms with van der Waals surface area (Å²) in [5.41, 5.74) is 15.4.